The third kappa shape index (κ3) is 1.74. The first-order valence-corrected chi connectivity index (χ1v) is 5.17. The molecule has 0 bridgehead atoms. The van der Waals surface area contributed by atoms with E-state index >= 15 is 0 Å². The van der Waals surface area contributed by atoms with E-state index in [1.54, 1.807) is 6.07 Å². The number of aromatic carboxylic acids is 1. The van der Waals surface area contributed by atoms with Crippen molar-refractivity contribution in [2.45, 2.75) is 13.8 Å². The maximum Gasteiger partial charge on any atom is 0.338 e. The largest absolute Gasteiger partial charge is 0.478 e. The second-order valence-electron chi connectivity index (χ2n) is 3.78. The number of carboxylic acid groups (broad SMARTS) is 1. The van der Waals surface area contributed by atoms with Crippen molar-refractivity contribution < 1.29 is 9.90 Å². The van der Waals surface area contributed by atoms with Gasteiger partial charge in [0.1, 0.15) is 5.15 Å². The lowest BCUT2D eigenvalue weighted by Gasteiger charge is -2.06. The molecule has 1 heterocycles. The normalized spacial score (nSPS) is 10.7. The molecule has 2 rings (SSSR count). The predicted octanol–water partition coefficient (Wildman–Crippen LogP) is 3.20. The van der Waals surface area contributed by atoms with Crippen molar-refractivity contribution in [2.24, 2.45) is 0 Å². The molecule has 0 spiro atoms. The van der Waals surface area contributed by atoms with E-state index in [0.29, 0.717) is 0 Å². The van der Waals surface area contributed by atoms with E-state index in [4.69, 9.17) is 16.7 Å². The summed E-state index contributed by atoms with van der Waals surface area (Å²) in [5, 5.41) is 9.80. The van der Waals surface area contributed by atoms with Gasteiger partial charge in [-0.1, -0.05) is 17.7 Å². The summed E-state index contributed by atoms with van der Waals surface area (Å²) < 4.78 is 0. The highest BCUT2D eigenvalue weighted by Gasteiger charge is 2.12. The van der Waals surface area contributed by atoms with E-state index in [9.17, 15) is 4.79 Å². The number of pyridine rings is 1. The Balaban J connectivity index is 2.84. The number of halogens is 1. The number of fused-ring (bicyclic) bond motifs is 1. The van der Waals surface area contributed by atoms with Crippen LogP contribution in [0.1, 0.15) is 21.5 Å². The number of hydrogen-bond donors (Lipinski definition) is 1. The van der Waals surface area contributed by atoms with Crippen molar-refractivity contribution in [1.82, 2.24) is 4.98 Å². The first kappa shape index (κ1) is 10.9. The Morgan fingerprint density at radius 2 is 2.00 bits per heavy atom. The average molecular weight is 236 g/mol. The Labute approximate surface area is 97.7 Å². The molecule has 0 aliphatic carbocycles. The zero-order chi connectivity index (χ0) is 11.9. The Hall–Kier alpha value is -1.61. The lowest BCUT2D eigenvalue weighted by atomic mass is 10.0. The summed E-state index contributed by atoms with van der Waals surface area (Å²) in [6.07, 6.45) is 0. The van der Waals surface area contributed by atoms with Crippen molar-refractivity contribution in [2.75, 3.05) is 0 Å². The lowest BCUT2D eigenvalue weighted by Crippen LogP contribution is -2.00. The fourth-order valence-corrected chi connectivity index (χ4v) is 1.98. The summed E-state index contributed by atoms with van der Waals surface area (Å²) in [6.45, 7) is 3.89. The summed E-state index contributed by atoms with van der Waals surface area (Å²) in [7, 11) is 0. The number of hydrogen-bond acceptors (Lipinski definition) is 2. The molecule has 0 aliphatic rings. The smallest absolute Gasteiger partial charge is 0.338 e. The predicted molar refractivity (Wildman–Crippen MR) is 63.2 cm³/mol. The quantitative estimate of drug-likeness (QED) is 0.773. The fraction of sp³-hybridized carbons (Fsp3) is 0.167. The molecule has 0 radical (unpaired) electrons. The van der Waals surface area contributed by atoms with Crippen LogP contribution in [-0.4, -0.2) is 16.1 Å². The number of benzene rings is 1. The highest BCUT2D eigenvalue weighted by atomic mass is 35.5. The van der Waals surface area contributed by atoms with Gasteiger partial charge in [0, 0.05) is 5.39 Å². The summed E-state index contributed by atoms with van der Waals surface area (Å²) in [5.74, 6) is -1.06. The van der Waals surface area contributed by atoms with Crippen molar-refractivity contribution >= 4 is 28.5 Å². The molecule has 0 atom stereocenters. The van der Waals surface area contributed by atoms with Crippen LogP contribution in [0.25, 0.3) is 10.9 Å². The molecule has 0 aliphatic heterocycles. The molecule has 0 fully saturated rings. The maximum absolute atomic E-state index is 10.9. The Morgan fingerprint density at radius 1 is 1.31 bits per heavy atom. The number of rotatable bonds is 1. The van der Waals surface area contributed by atoms with E-state index in [1.807, 2.05) is 26.0 Å². The number of aryl methyl sites for hydroxylation is 2. The molecular weight excluding hydrogens is 226 g/mol. The second-order valence-corrected chi connectivity index (χ2v) is 4.14. The Kier molecular flexibility index (Phi) is 2.56. The molecule has 1 N–H and O–H groups in total. The van der Waals surface area contributed by atoms with Gasteiger partial charge in [0.25, 0.3) is 0 Å². The molecule has 0 amide bonds. The average Bonchev–Trinajstić information content (AvgIpc) is 2.15. The van der Waals surface area contributed by atoms with Gasteiger partial charge in [-0.05, 0) is 37.1 Å². The van der Waals surface area contributed by atoms with Crippen molar-refractivity contribution in [3.8, 4) is 0 Å². The van der Waals surface area contributed by atoms with E-state index in [0.717, 1.165) is 22.0 Å². The second kappa shape index (κ2) is 3.76. The first-order chi connectivity index (χ1) is 7.49. The van der Waals surface area contributed by atoms with Gasteiger partial charge in [0.2, 0.25) is 0 Å². The highest BCUT2D eigenvalue weighted by Crippen LogP contribution is 2.24. The van der Waals surface area contributed by atoms with Crippen molar-refractivity contribution in [3.05, 3.63) is 40.0 Å². The van der Waals surface area contributed by atoms with E-state index in [-0.39, 0.29) is 10.7 Å². The fourth-order valence-electron chi connectivity index (χ4n) is 1.76. The van der Waals surface area contributed by atoms with Gasteiger partial charge in [-0.15, -0.1) is 0 Å². The van der Waals surface area contributed by atoms with Crippen LogP contribution in [0.2, 0.25) is 5.15 Å². The topological polar surface area (TPSA) is 50.2 Å². The lowest BCUT2D eigenvalue weighted by molar-refractivity contribution is 0.0697. The van der Waals surface area contributed by atoms with Crippen LogP contribution in [0.5, 0.6) is 0 Å². The highest BCUT2D eigenvalue weighted by molar-refractivity contribution is 6.32. The Bertz CT molecular complexity index is 593. The van der Waals surface area contributed by atoms with Gasteiger partial charge in [0.15, 0.2) is 0 Å². The zero-order valence-corrected chi connectivity index (χ0v) is 9.67. The van der Waals surface area contributed by atoms with Crippen LogP contribution in [0.3, 0.4) is 0 Å². The maximum atomic E-state index is 10.9. The summed E-state index contributed by atoms with van der Waals surface area (Å²) >= 11 is 5.81. The molecular formula is C12H10ClNO2. The van der Waals surface area contributed by atoms with E-state index in [1.165, 1.54) is 0 Å². The van der Waals surface area contributed by atoms with Gasteiger partial charge in [-0.25, -0.2) is 9.78 Å². The minimum Gasteiger partial charge on any atom is -0.478 e. The standard InChI is InChI=1S/C12H10ClNO2/c1-6-3-7(2)8-5-9(12(15)16)11(13)14-10(8)4-6/h3-5H,1-2H3,(H,15,16). The third-order valence-corrected chi connectivity index (χ3v) is 2.76. The van der Waals surface area contributed by atoms with Gasteiger partial charge in [-0.3, -0.25) is 0 Å². The molecule has 0 saturated carbocycles. The van der Waals surface area contributed by atoms with E-state index in [2.05, 4.69) is 4.98 Å². The molecule has 4 heteroatoms. The van der Waals surface area contributed by atoms with Crippen molar-refractivity contribution in [3.63, 3.8) is 0 Å². The third-order valence-electron chi connectivity index (χ3n) is 2.47. The Morgan fingerprint density at radius 3 is 2.62 bits per heavy atom. The van der Waals surface area contributed by atoms with Gasteiger partial charge in [0.05, 0.1) is 11.1 Å². The summed E-state index contributed by atoms with van der Waals surface area (Å²) in [5.41, 5.74) is 2.85. The number of carbonyl (C=O) groups is 1. The van der Waals surface area contributed by atoms with Crippen LogP contribution >= 0.6 is 11.6 Å². The molecule has 16 heavy (non-hydrogen) atoms. The molecule has 2 aromatic rings. The molecule has 0 saturated heterocycles. The van der Waals surface area contributed by atoms with Crippen LogP contribution in [0.4, 0.5) is 0 Å². The summed E-state index contributed by atoms with van der Waals surface area (Å²) in [6, 6.07) is 5.45. The molecule has 82 valence electrons. The minimum atomic E-state index is -1.06. The summed E-state index contributed by atoms with van der Waals surface area (Å²) in [4.78, 5) is 15.0. The first-order valence-electron chi connectivity index (χ1n) is 4.80. The van der Waals surface area contributed by atoms with E-state index < -0.39 is 5.97 Å². The molecule has 1 aromatic carbocycles. The van der Waals surface area contributed by atoms with Crippen molar-refractivity contribution in [1.29, 1.82) is 0 Å². The molecule has 0 unspecified atom stereocenters. The molecule has 1 aromatic heterocycles. The van der Waals surface area contributed by atoms with Crippen LogP contribution < -0.4 is 0 Å². The number of nitrogens with zero attached hydrogens (tertiary/aromatic N) is 1. The van der Waals surface area contributed by atoms with Gasteiger partial charge < -0.3 is 5.11 Å². The minimum absolute atomic E-state index is 0.0324. The van der Waals surface area contributed by atoms with Gasteiger partial charge in [-0.2, -0.15) is 0 Å². The zero-order valence-electron chi connectivity index (χ0n) is 8.91. The van der Waals surface area contributed by atoms with Crippen LogP contribution in [0, 0.1) is 13.8 Å². The van der Waals surface area contributed by atoms with Crippen LogP contribution in [0.15, 0.2) is 18.2 Å². The monoisotopic (exact) mass is 235 g/mol. The molecule has 3 nitrogen and oxygen atoms in total. The van der Waals surface area contributed by atoms with Gasteiger partial charge >= 0.3 is 5.97 Å². The van der Waals surface area contributed by atoms with Crippen LogP contribution in [-0.2, 0) is 0 Å². The number of carboxylic acids is 1. The number of aromatic nitrogens is 1. The SMILES string of the molecule is Cc1cc(C)c2cc(C(=O)O)c(Cl)nc2c1.